The summed E-state index contributed by atoms with van der Waals surface area (Å²) in [5, 5.41) is 0.404. The predicted molar refractivity (Wildman–Crippen MR) is 62.5 cm³/mol. The molecule has 0 aliphatic carbocycles. The molecule has 1 aromatic rings. The lowest BCUT2D eigenvalue weighted by Crippen LogP contribution is -2.03. The van der Waals surface area contributed by atoms with Crippen LogP contribution in [0.2, 0.25) is 5.02 Å². The van der Waals surface area contributed by atoms with Crippen LogP contribution in [0, 0.1) is 0 Å². The summed E-state index contributed by atoms with van der Waals surface area (Å²) in [7, 11) is 1.61. The minimum atomic E-state index is -2.10. The molecular weight excluding hydrogens is 252 g/mol. The summed E-state index contributed by atoms with van der Waals surface area (Å²) in [6.45, 7) is 1.02. The first-order valence-corrected chi connectivity index (χ1v) is 6.15. The van der Waals surface area contributed by atoms with Crippen LogP contribution >= 0.6 is 11.6 Å². The Hall–Kier alpha value is -0.620. The van der Waals surface area contributed by atoms with E-state index in [0.717, 1.165) is 6.42 Å². The number of methoxy groups -OCH3 is 1. The van der Waals surface area contributed by atoms with Crippen LogP contribution in [0.3, 0.4) is 0 Å². The molecule has 1 unspecified atom stereocenters. The zero-order valence-electron chi connectivity index (χ0n) is 8.81. The van der Waals surface area contributed by atoms with E-state index < -0.39 is 11.1 Å². The average Bonchev–Trinajstić information content (AvgIpc) is 2.26. The minimum absolute atomic E-state index is 0.185. The van der Waals surface area contributed by atoms with E-state index >= 15 is 0 Å². The molecule has 0 fully saturated rings. The van der Waals surface area contributed by atoms with Gasteiger partial charge in [-0.05, 0) is 18.2 Å². The van der Waals surface area contributed by atoms with Crippen LogP contribution < -0.4 is 4.74 Å². The van der Waals surface area contributed by atoms with E-state index in [0.29, 0.717) is 24.0 Å². The molecular formula is C10H13ClO4S. The molecule has 1 atom stereocenters. The fraction of sp³-hybridized carbons (Fsp3) is 0.400. The Balaban J connectivity index is 2.67. The van der Waals surface area contributed by atoms with E-state index in [2.05, 4.69) is 0 Å². The Morgan fingerprint density at radius 1 is 1.44 bits per heavy atom. The Morgan fingerprint density at radius 2 is 2.19 bits per heavy atom. The molecule has 0 aliphatic heterocycles. The maximum Gasteiger partial charge on any atom is 0.190 e. The van der Waals surface area contributed by atoms with E-state index in [9.17, 15) is 4.21 Å². The second-order valence-corrected chi connectivity index (χ2v) is 4.41. The molecule has 0 saturated heterocycles. The van der Waals surface area contributed by atoms with Gasteiger partial charge in [0.1, 0.15) is 10.6 Å². The van der Waals surface area contributed by atoms with Crippen molar-refractivity contribution in [3.63, 3.8) is 0 Å². The summed E-state index contributed by atoms with van der Waals surface area (Å²) in [5.41, 5.74) is 0. The van der Waals surface area contributed by atoms with Crippen molar-refractivity contribution in [1.29, 1.82) is 0 Å². The van der Waals surface area contributed by atoms with Crippen molar-refractivity contribution in [2.45, 2.75) is 11.3 Å². The maximum absolute atomic E-state index is 11.0. The molecule has 6 heteroatoms. The van der Waals surface area contributed by atoms with Crippen molar-refractivity contribution < 1.29 is 18.2 Å². The predicted octanol–water partition coefficient (Wildman–Crippen LogP) is 2.34. The first kappa shape index (κ1) is 13.4. The number of benzene rings is 1. The van der Waals surface area contributed by atoms with Gasteiger partial charge in [-0.2, -0.15) is 0 Å². The lowest BCUT2D eigenvalue weighted by molar-refractivity contribution is 0.171. The van der Waals surface area contributed by atoms with Gasteiger partial charge in [0.15, 0.2) is 11.1 Å². The lowest BCUT2D eigenvalue weighted by Gasteiger charge is -2.09. The molecule has 0 spiro atoms. The molecule has 1 N–H and O–H groups in total. The third kappa shape index (κ3) is 4.09. The number of rotatable bonds is 6. The normalized spacial score (nSPS) is 12.4. The van der Waals surface area contributed by atoms with Gasteiger partial charge in [0.05, 0.1) is 6.61 Å². The third-order valence-electron chi connectivity index (χ3n) is 1.84. The van der Waals surface area contributed by atoms with E-state index in [1.807, 2.05) is 0 Å². The highest BCUT2D eigenvalue weighted by Gasteiger charge is 2.09. The smallest absolute Gasteiger partial charge is 0.190 e. The SMILES string of the molecule is COCCCOc1ccc(Cl)cc1S(=O)O. The molecule has 16 heavy (non-hydrogen) atoms. The largest absolute Gasteiger partial charge is 0.492 e. The van der Waals surface area contributed by atoms with Gasteiger partial charge in [0.2, 0.25) is 0 Å². The molecule has 0 amide bonds. The topological polar surface area (TPSA) is 55.8 Å². The second kappa shape index (κ2) is 6.85. The molecule has 0 bridgehead atoms. The monoisotopic (exact) mass is 264 g/mol. The molecule has 0 radical (unpaired) electrons. The molecule has 1 aromatic carbocycles. The van der Waals surface area contributed by atoms with Crippen molar-refractivity contribution in [2.75, 3.05) is 20.3 Å². The van der Waals surface area contributed by atoms with Crippen LogP contribution in [0.5, 0.6) is 5.75 Å². The Labute approximate surface area is 102 Å². The molecule has 0 saturated carbocycles. The zero-order valence-corrected chi connectivity index (χ0v) is 10.4. The minimum Gasteiger partial charge on any atom is -0.492 e. The van der Waals surface area contributed by atoms with E-state index in [1.54, 1.807) is 19.2 Å². The van der Waals surface area contributed by atoms with Gasteiger partial charge in [-0.15, -0.1) is 0 Å². The third-order valence-corrected chi connectivity index (χ3v) is 2.77. The summed E-state index contributed by atoms with van der Waals surface area (Å²) in [5.74, 6) is 0.376. The standard InChI is InChI=1S/C10H13ClO4S/c1-14-5-2-6-15-9-4-3-8(11)7-10(9)16(12)13/h3-4,7H,2,5-6H2,1H3,(H,12,13). The van der Waals surface area contributed by atoms with Crippen LogP contribution in [0.4, 0.5) is 0 Å². The lowest BCUT2D eigenvalue weighted by atomic mass is 10.3. The highest BCUT2D eigenvalue weighted by Crippen LogP contribution is 2.25. The highest BCUT2D eigenvalue weighted by atomic mass is 35.5. The van der Waals surface area contributed by atoms with E-state index in [4.69, 9.17) is 25.6 Å². The molecule has 0 aromatic heterocycles. The van der Waals surface area contributed by atoms with Crippen molar-refractivity contribution in [2.24, 2.45) is 0 Å². The van der Waals surface area contributed by atoms with Crippen LogP contribution in [0.1, 0.15) is 6.42 Å². The van der Waals surface area contributed by atoms with Gasteiger partial charge in [-0.3, -0.25) is 0 Å². The fourth-order valence-corrected chi connectivity index (χ4v) is 1.89. The van der Waals surface area contributed by atoms with Gasteiger partial charge in [-0.25, -0.2) is 4.21 Å². The first-order chi connectivity index (χ1) is 7.65. The summed E-state index contributed by atoms with van der Waals surface area (Å²) in [6.07, 6.45) is 0.719. The Kier molecular flexibility index (Phi) is 5.76. The molecule has 4 nitrogen and oxygen atoms in total. The van der Waals surface area contributed by atoms with Crippen molar-refractivity contribution in [3.8, 4) is 5.75 Å². The number of hydrogen-bond acceptors (Lipinski definition) is 3. The molecule has 0 heterocycles. The Bertz CT molecular complexity index is 370. The van der Waals surface area contributed by atoms with Gasteiger partial charge in [0, 0.05) is 25.2 Å². The zero-order chi connectivity index (χ0) is 12.0. The number of hydrogen-bond donors (Lipinski definition) is 1. The summed E-state index contributed by atoms with van der Waals surface area (Å²) < 4.78 is 30.3. The van der Waals surface area contributed by atoms with Gasteiger partial charge < -0.3 is 14.0 Å². The van der Waals surface area contributed by atoms with Crippen molar-refractivity contribution in [1.82, 2.24) is 0 Å². The van der Waals surface area contributed by atoms with E-state index in [-0.39, 0.29) is 4.90 Å². The molecule has 1 rings (SSSR count). The fourth-order valence-electron chi connectivity index (χ4n) is 1.12. The van der Waals surface area contributed by atoms with Gasteiger partial charge in [0.25, 0.3) is 0 Å². The van der Waals surface area contributed by atoms with E-state index in [1.165, 1.54) is 6.07 Å². The quantitative estimate of drug-likeness (QED) is 0.633. The average molecular weight is 265 g/mol. The number of ether oxygens (including phenoxy) is 2. The van der Waals surface area contributed by atoms with Gasteiger partial charge in [-0.1, -0.05) is 11.6 Å². The maximum atomic E-state index is 11.0. The van der Waals surface area contributed by atoms with Crippen LogP contribution in [-0.2, 0) is 15.8 Å². The summed E-state index contributed by atoms with van der Waals surface area (Å²) >= 11 is 3.62. The summed E-state index contributed by atoms with van der Waals surface area (Å²) in [4.78, 5) is 0.185. The van der Waals surface area contributed by atoms with Crippen molar-refractivity contribution >= 4 is 22.7 Å². The Morgan fingerprint density at radius 3 is 2.81 bits per heavy atom. The number of halogens is 1. The summed E-state index contributed by atoms with van der Waals surface area (Å²) in [6, 6.07) is 4.62. The van der Waals surface area contributed by atoms with Crippen LogP contribution in [-0.4, -0.2) is 29.1 Å². The van der Waals surface area contributed by atoms with Crippen molar-refractivity contribution in [3.05, 3.63) is 23.2 Å². The second-order valence-electron chi connectivity index (χ2n) is 3.04. The molecule has 90 valence electrons. The highest BCUT2D eigenvalue weighted by molar-refractivity contribution is 7.79. The first-order valence-electron chi connectivity index (χ1n) is 4.67. The van der Waals surface area contributed by atoms with Gasteiger partial charge >= 0.3 is 0 Å². The molecule has 0 aliphatic rings. The van der Waals surface area contributed by atoms with Crippen LogP contribution in [0.15, 0.2) is 23.1 Å². The van der Waals surface area contributed by atoms with Crippen LogP contribution in [0.25, 0.3) is 0 Å².